The van der Waals surface area contributed by atoms with E-state index in [1.807, 2.05) is 0 Å². The van der Waals surface area contributed by atoms with Crippen LogP contribution in [0.4, 0.5) is 0 Å². The molecule has 0 aromatic heterocycles. The number of aliphatic hydroxyl groups excluding tert-OH is 1. The van der Waals surface area contributed by atoms with Gasteiger partial charge in [-0.05, 0) is 13.6 Å². The molecule has 0 unspecified atom stereocenters. The Bertz CT molecular complexity index is 44.8. The van der Waals surface area contributed by atoms with Gasteiger partial charge in [-0.15, -0.1) is 0 Å². The second kappa shape index (κ2) is 2.85. The summed E-state index contributed by atoms with van der Waals surface area (Å²) in [7, 11) is 0. The second-order valence-corrected chi connectivity index (χ2v) is 1.21. The fraction of sp³-hybridized carbons (Fsp3) is 0.750. The zero-order valence-corrected chi connectivity index (χ0v) is 3.89. The van der Waals surface area contributed by atoms with Crippen molar-refractivity contribution < 1.29 is 5.11 Å². The summed E-state index contributed by atoms with van der Waals surface area (Å²) < 4.78 is 0. The quantitative estimate of drug-likeness (QED) is 0.475. The Hall–Kier alpha value is -0.370. The molecule has 0 saturated carbocycles. The smallest absolute Gasteiger partial charge is 0.0695 e. The van der Waals surface area contributed by atoms with Crippen molar-refractivity contribution in [3.63, 3.8) is 0 Å². The fourth-order valence-corrected chi connectivity index (χ4v) is 0.0577. The Kier molecular flexibility index (Phi) is 2.67. The van der Waals surface area contributed by atoms with Gasteiger partial charge in [-0.1, -0.05) is 0 Å². The highest BCUT2D eigenvalue weighted by Crippen LogP contribution is 1.79. The van der Waals surface area contributed by atoms with E-state index in [1.165, 1.54) is 0 Å². The van der Waals surface area contributed by atoms with E-state index in [2.05, 4.69) is 11.7 Å². The summed E-state index contributed by atoms with van der Waals surface area (Å²) in [6.45, 7) is 5.12. The minimum atomic E-state index is 0.00463. The molecule has 0 saturated heterocycles. The topological polar surface area (TPSA) is 32.6 Å². The molecule has 0 aliphatic carbocycles. The van der Waals surface area contributed by atoms with Gasteiger partial charge >= 0.3 is 0 Å². The Balaban J connectivity index is 2.96. The van der Waals surface area contributed by atoms with E-state index in [4.69, 9.17) is 5.11 Å². The van der Waals surface area contributed by atoms with Crippen LogP contribution in [0.1, 0.15) is 6.92 Å². The van der Waals surface area contributed by atoms with Gasteiger partial charge in [0.25, 0.3) is 0 Å². The molecule has 0 bridgehead atoms. The first kappa shape index (κ1) is 5.63. The van der Waals surface area contributed by atoms with Gasteiger partial charge < -0.3 is 5.11 Å². The van der Waals surface area contributed by atoms with Gasteiger partial charge in [-0.25, -0.2) is 0 Å². The number of aliphatic imine (C=N–C) groups is 1. The van der Waals surface area contributed by atoms with Crippen LogP contribution in [0, 0.1) is 0 Å². The van der Waals surface area contributed by atoms with Crippen LogP contribution in [-0.2, 0) is 0 Å². The maximum absolute atomic E-state index is 8.20. The van der Waals surface area contributed by atoms with Crippen molar-refractivity contribution in [2.75, 3.05) is 6.61 Å². The Labute approximate surface area is 37.5 Å². The standard InChI is InChI=1S/C4H9NO/c1-4(3-6)5-2/h4,6H,2-3H2,1H3/t4-/m0/s1. The summed E-state index contributed by atoms with van der Waals surface area (Å²) in [5.41, 5.74) is 0. The summed E-state index contributed by atoms with van der Waals surface area (Å²) in [6.07, 6.45) is 0. The van der Waals surface area contributed by atoms with Crippen molar-refractivity contribution in [3.05, 3.63) is 0 Å². The third kappa shape index (κ3) is 1.91. The summed E-state index contributed by atoms with van der Waals surface area (Å²) in [6, 6.07) is 0.00463. The molecule has 0 heterocycles. The van der Waals surface area contributed by atoms with Crippen LogP contribution in [0.3, 0.4) is 0 Å². The number of hydrogen-bond donors (Lipinski definition) is 1. The zero-order chi connectivity index (χ0) is 4.99. The van der Waals surface area contributed by atoms with Crippen LogP contribution in [0.5, 0.6) is 0 Å². The normalized spacial score (nSPS) is 13.7. The van der Waals surface area contributed by atoms with Crippen LogP contribution in [0.2, 0.25) is 0 Å². The van der Waals surface area contributed by atoms with Crippen molar-refractivity contribution in [1.29, 1.82) is 0 Å². The first-order chi connectivity index (χ1) is 2.81. The molecule has 1 N–H and O–H groups in total. The lowest BCUT2D eigenvalue weighted by Crippen LogP contribution is -2.01. The minimum Gasteiger partial charge on any atom is -0.394 e. The molecule has 0 spiro atoms. The van der Waals surface area contributed by atoms with E-state index in [9.17, 15) is 0 Å². The maximum Gasteiger partial charge on any atom is 0.0695 e. The molecule has 36 valence electrons. The largest absolute Gasteiger partial charge is 0.394 e. The Morgan fingerprint density at radius 3 is 2.50 bits per heavy atom. The van der Waals surface area contributed by atoms with Gasteiger partial charge in [0.15, 0.2) is 0 Å². The predicted molar refractivity (Wildman–Crippen MR) is 26.1 cm³/mol. The Morgan fingerprint density at radius 1 is 2.00 bits per heavy atom. The number of nitrogens with zero attached hydrogens (tertiary/aromatic N) is 1. The van der Waals surface area contributed by atoms with E-state index < -0.39 is 0 Å². The van der Waals surface area contributed by atoms with Gasteiger partial charge in [0.2, 0.25) is 0 Å². The third-order valence-electron chi connectivity index (χ3n) is 0.576. The predicted octanol–water partition coefficient (Wildman–Crippen LogP) is 0.0678. The molecule has 0 aromatic carbocycles. The van der Waals surface area contributed by atoms with Gasteiger partial charge in [0, 0.05) is 0 Å². The summed E-state index contributed by atoms with van der Waals surface area (Å²) in [4.78, 5) is 3.51. The average Bonchev–Trinajstić information content (AvgIpc) is 1.65. The SMILES string of the molecule is C=N[C@@H](C)CO. The number of hydrogen-bond acceptors (Lipinski definition) is 2. The molecule has 0 aromatic rings. The Morgan fingerprint density at radius 2 is 2.50 bits per heavy atom. The molecule has 0 aliphatic heterocycles. The highest BCUT2D eigenvalue weighted by atomic mass is 16.3. The minimum absolute atomic E-state index is 0.00463. The van der Waals surface area contributed by atoms with E-state index in [0.29, 0.717) is 0 Å². The van der Waals surface area contributed by atoms with Crippen molar-refractivity contribution in [1.82, 2.24) is 0 Å². The van der Waals surface area contributed by atoms with E-state index in [1.54, 1.807) is 6.92 Å². The van der Waals surface area contributed by atoms with Crippen LogP contribution in [0.25, 0.3) is 0 Å². The molecule has 2 heteroatoms. The molecule has 1 atom stereocenters. The van der Waals surface area contributed by atoms with Gasteiger partial charge in [-0.3, -0.25) is 4.99 Å². The van der Waals surface area contributed by atoms with Gasteiger partial charge in [-0.2, -0.15) is 0 Å². The number of rotatable bonds is 2. The van der Waals surface area contributed by atoms with Gasteiger partial charge in [0.05, 0.1) is 12.6 Å². The van der Waals surface area contributed by atoms with E-state index in [-0.39, 0.29) is 12.6 Å². The maximum atomic E-state index is 8.20. The summed E-state index contributed by atoms with van der Waals surface area (Å²) in [5.74, 6) is 0. The van der Waals surface area contributed by atoms with Crippen LogP contribution >= 0.6 is 0 Å². The lowest BCUT2D eigenvalue weighted by molar-refractivity contribution is 0.275. The van der Waals surface area contributed by atoms with E-state index >= 15 is 0 Å². The lowest BCUT2D eigenvalue weighted by Gasteiger charge is -1.93. The molecule has 0 amide bonds. The van der Waals surface area contributed by atoms with Crippen molar-refractivity contribution in [2.24, 2.45) is 4.99 Å². The van der Waals surface area contributed by atoms with E-state index in [0.717, 1.165) is 0 Å². The highest BCUT2D eigenvalue weighted by Gasteiger charge is 1.86. The second-order valence-electron chi connectivity index (χ2n) is 1.21. The van der Waals surface area contributed by atoms with Crippen molar-refractivity contribution >= 4 is 6.72 Å². The first-order valence-corrected chi connectivity index (χ1v) is 1.88. The average molecular weight is 87.1 g/mol. The molecule has 6 heavy (non-hydrogen) atoms. The monoisotopic (exact) mass is 87.1 g/mol. The third-order valence-corrected chi connectivity index (χ3v) is 0.576. The molecule has 0 fully saturated rings. The molecule has 2 nitrogen and oxygen atoms in total. The summed E-state index contributed by atoms with van der Waals surface area (Å²) >= 11 is 0. The molecule has 0 aliphatic rings. The highest BCUT2D eigenvalue weighted by molar-refractivity contribution is 5.23. The van der Waals surface area contributed by atoms with Gasteiger partial charge in [0.1, 0.15) is 0 Å². The van der Waals surface area contributed by atoms with Crippen LogP contribution < -0.4 is 0 Å². The van der Waals surface area contributed by atoms with Crippen molar-refractivity contribution in [2.45, 2.75) is 13.0 Å². The zero-order valence-electron chi connectivity index (χ0n) is 3.89. The lowest BCUT2D eigenvalue weighted by atomic mass is 10.4. The molecular weight excluding hydrogens is 78.0 g/mol. The fourth-order valence-electron chi connectivity index (χ4n) is 0.0577. The van der Waals surface area contributed by atoms with Crippen molar-refractivity contribution in [3.8, 4) is 0 Å². The first-order valence-electron chi connectivity index (χ1n) is 1.88. The molecular formula is C4H9NO. The number of aliphatic hydroxyl groups is 1. The summed E-state index contributed by atoms with van der Waals surface area (Å²) in [5, 5.41) is 8.20. The molecule has 0 rings (SSSR count). The van der Waals surface area contributed by atoms with Crippen LogP contribution in [0.15, 0.2) is 4.99 Å². The van der Waals surface area contributed by atoms with Crippen LogP contribution in [-0.4, -0.2) is 24.5 Å². The molecule has 0 radical (unpaired) electrons.